The van der Waals surface area contributed by atoms with Crippen LogP contribution in [0.4, 0.5) is 0 Å². The Morgan fingerprint density at radius 3 is 2.62 bits per heavy atom. The summed E-state index contributed by atoms with van der Waals surface area (Å²) in [6.07, 6.45) is 7.26. The SMILES string of the molecule is C[C@]12CCC(=O)CC1=CC(=O)[C@H]1[C@@H]3[C@@H]4C[C@@H]4C4(OCCO4)[C@@]3(C)CC[C@@H]12. The van der Waals surface area contributed by atoms with E-state index in [1.165, 1.54) is 0 Å². The van der Waals surface area contributed by atoms with Crippen LogP contribution in [0.3, 0.4) is 0 Å². The van der Waals surface area contributed by atoms with E-state index >= 15 is 0 Å². The standard InChI is InChI=1S/C22H28O4/c1-20-5-3-13(23)9-12(20)10-17(24)18-15(20)4-6-21(2)19(18)14-11-16(14)22(21)25-7-8-26-22/h10,14-16,18-19H,3-9,11H2,1-2H3/t14-,15+,16+,18+,19+,20+,21+/m1/s1. The fourth-order valence-electron chi connectivity index (χ4n) is 8.10. The van der Waals surface area contributed by atoms with E-state index in [1.54, 1.807) is 0 Å². The number of rotatable bonds is 0. The number of carbonyl (C=O) groups is 2. The average Bonchev–Trinajstić information content (AvgIpc) is 3.17. The lowest BCUT2D eigenvalue weighted by Gasteiger charge is -2.58. The van der Waals surface area contributed by atoms with Crippen LogP contribution in [0.15, 0.2) is 11.6 Å². The number of Topliss-reactive ketones (excluding diaryl/α,β-unsaturated/α-hetero) is 1. The predicted molar refractivity (Wildman–Crippen MR) is 94.1 cm³/mol. The van der Waals surface area contributed by atoms with Crippen LogP contribution < -0.4 is 0 Å². The van der Waals surface area contributed by atoms with Crippen molar-refractivity contribution in [3.63, 3.8) is 0 Å². The lowest BCUT2D eigenvalue weighted by molar-refractivity contribution is -0.258. The molecule has 6 rings (SSSR count). The average molecular weight is 356 g/mol. The number of hydrogen-bond acceptors (Lipinski definition) is 4. The van der Waals surface area contributed by atoms with Crippen LogP contribution in [0.1, 0.15) is 52.4 Å². The van der Waals surface area contributed by atoms with Gasteiger partial charge in [0, 0.05) is 30.1 Å². The molecule has 1 saturated heterocycles. The largest absolute Gasteiger partial charge is 0.347 e. The van der Waals surface area contributed by atoms with E-state index in [4.69, 9.17) is 9.47 Å². The molecule has 0 aromatic heterocycles. The summed E-state index contributed by atoms with van der Waals surface area (Å²) in [5.74, 6) is 2.09. The molecule has 0 N–H and O–H groups in total. The molecule has 4 nitrogen and oxygen atoms in total. The highest BCUT2D eigenvalue weighted by Gasteiger charge is 2.79. The summed E-state index contributed by atoms with van der Waals surface area (Å²) in [4.78, 5) is 25.3. The molecule has 5 fully saturated rings. The molecule has 0 radical (unpaired) electrons. The Morgan fingerprint density at radius 2 is 1.85 bits per heavy atom. The van der Waals surface area contributed by atoms with Crippen molar-refractivity contribution in [2.45, 2.75) is 58.2 Å². The van der Waals surface area contributed by atoms with Gasteiger partial charge in [0.1, 0.15) is 5.78 Å². The Kier molecular flexibility index (Phi) is 2.89. The zero-order chi connectivity index (χ0) is 17.9. The third-order valence-corrected chi connectivity index (χ3v) is 9.34. The van der Waals surface area contributed by atoms with Crippen LogP contribution in [-0.2, 0) is 19.1 Å². The van der Waals surface area contributed by atoms with Crippen molar-refractivity contribution in [3.05, 3.63) is 11.6 Å². The topological polar surface area (TPSA) is 52.6 Å². The molecule has 140 valence electrons. The van der Waals surface area contributed by atoms with E-state index in [2.05, 4.69) is 13.8 Å². The van der Waals surface area contributed by atoms with Crippen molar-refractivity contribution < 1.29 is 19.1 Å². The summed E-state index contributed by atoms with van der Waals surface area (Å²) in [6.45, 7) is 6.05. The second-order valence-electron chi connectivity index (χ2n) is 10.2. The third-order valence-electron chi connectivity index (χ3n) is 9.34. The number of ether oxygens (including phenoxy) is 2. The predicted octanol–water partition coefficient (Wildman–Crippen LogP) is 3.30. The van der Waals surface area contributed by atoms with Crippen molar-refractivity contribution in [2.24, 2.45) is 40.4 Å². The van der Waals surface area contributed by atoms with Gasteiger partial charge in [-0.2, -0.15) is 0 Å². The van der Waals surface area contributed by atoms with Crippen LogP contribution >= 0.6 is 0 Å². The number of allylic oxidation sites excluding steroid dienone is 2. The van der Waals surface area contributed by atoms with Gasteiger partial charge in [-0.3, -0.25) is 9.59 Å². The van der Waals surface area contributed by atoms with E-state index in [0.717, 1.165) is 31.3 Å². The minimum absolute atomic E-state index is 0.0331. The van der Waals surface area contributed by atoms with Crippen LogP contribution in [0.25, 0.3) is 0 Å². The van der Waals surface area contributed by atoms with Crippen molar-refractivity contribution in [1.82, 2.24) is 0 Å². The van der Waals surface area contributed by atoms with E-state index in [-0.39, 0.29) is 22.5 Å². The molecule has 0 aromatic rings. The molecule has 0 aromatic carbocycles. The summed E-state index contributed by atoms with van der Waals surface area (Å²) >= 11 is 0. The highest BCUT2D eigenvalue weighted by molar-refractivity contribution is 5.96. The molecule has 0 unspecified atom stereocenters. The van der Waals surface area contributed by atoms with Crippen molar-refractivity contribution >= 4 is 11.6 Å². The van der Waals surface area contributed by atoms with Gasteiger partial charge in [0.15, 0.2) is 11.6 Å². The zero-order valence-corrected chi connectivity index (χ0v) is 15.8. The van der Waals surface area contributed by atoms with Gasteiger partial charge in [0.2, 0.25) is 0 Å². The molecule has 5 aliphatic carbocycles. The van der Waals surface area contributed by atoms with Gasteiger partial charge in [-0.15, -0.1) is 0 Å². The van der Waals surface area contributed by atoms with Gasteiger partial charge in [0.05, 0.1) is 13.2 Å². The Balaban J connectivity index is 1.45. The second kappa shape index (κ2) is 4.70. The molecule has 0 bridgehead atoms. The summed E-state index contributed by atoms with van der Waals surface area (Å²) in [5, 5.41) is 0. The first-order chi connectivity index (χ1) is 12.4. The first-order valence-electron chi connectivity index (χ1n) is 10.5. The molecule has 26 heavy (non-hydrogen) atoms. The van der Waals surface area contributed by atoms with E-state index < -0.39 is 5.79 Å². The van der Waals surface area contributed by atoms with E-state index in [9.17, 15) is 9.59 Å². The summed E-state index contributed by atoms with van der Waals surface area (Å²) < 4.78 is 12.6. The maximum atomic E-state index is 13.3. The van der Waals surface area contributed by atoms with E-state index in [1.807, 2.05) is 6.08 Å². The number of carbonyl (C=O) groups excluding carboxylic acids is 2. The maximum Gasteiger partial charge on any atom is 0.177 e. The van der Waals surface area contributed by atoms with Gasteiger partial charge in [-0.25, -0.2) is 0 Å². The fourth-order valence-corrected chi connectivity index (χ4v) is 8.10. The number of fused-ring (bicyclic) bond motifs is 9. The van der Waals surface area contributed by atoms with Crippen LogP contribution in [0.2, 0.25) is 0 Å². The maximum absolute atomic E-state index is 13.3. The third kappa shape index (κ3) is 1.62. The summed E-state index contributed by atoms with van der Waals surface area (Å²) in [7, 11) is 0. The minimum atomic E-state index is -0.430. The Bertz CT molecular complexity index is 747. The zero-order valence-electron chi connectivity index (χ0n) is 15.8. The molecule has 1 aliphatic heterocycles. The Morgan fingerprint density at radius 1 is 1.08 bits per heavy atom. The second-order valence-corrected chi connectivity index (χ2v) is 10.2. The molecule has 0 amide bonds. The van der Waals surface area contributed by atoms with E-state index in [0.29, 0.717) is 55.5 Å². The van der Waals surface area contributed by atoms with Crippen molar-refractivity contribution in [3.8, 4) is 0 Å². The molecular weight excluding hydrogens is 328 g/mol. The fraction of sp³-hybridized carbons (Fsp3) is 0.818. The van der Waals surface area contributed by atoms with Crippen LogP contribution in [-0.4, -0.2) is 30.6 Å². The van der Waals surface area contributed by atoms with Gasteiger partial charge in [-0.05, 0) is 54.9 Å². The minimum Gasteiger partial charge on any atom is -0.347 e. The first-order valence-corrected chi connectivity index (χ1v) is 10.5. The Hall–Kier alpha value is -1.00. The molecule has 7 atom stereocenters. The molecule has 4 saturated carbocycles. The number of hydrogen-bond donors (Lipinski definition) is 0. The molecule has 1 spiro atoms. The van der Waals surface area contributed by atoms with Gasteiger partial charge < -0.3 is 9.47 Å². The highest BCUT2D eigenvalue weighted by Crippen LogP contribution is 2.77. The van der Waals surface area contributed by atoms with Gasteiger partial charge >= 0.3 is 0 Å². The van der Waals surface area contributed by atoms with Crippen LogP contribution in [0, 0.1) is 40.4 Å². The highest BCUT2D eigenvalue weighted by atomic mass is 16.7. The van der Waals surface area contributed by atoms with Gasteiger partial charge in [0.25, 0.3) is 0 Å². The van der Waals surface area contributed by atoms with Crippen molar-refractivity contribution in [1.29, 1.82) is 0 Å². The summed E-state index contributed by atoms with van der Waals surface area (Å²) in [6, 6.07) is 0. The molecule has 4 heteroatoms. The molecule has 1 heterocycles. The smallest absolute Gasteiger partial charge is 0.177 e. The lowest BCUT2D eigenvalue weighted by atomic mass is 9.46. The van der Waals surface area contributed by atoms with Crippen molar-refractivity contribution in [2.75, 3.05) is 13.2 Å². The Labute approximate surface area is 154 Å². The molecular formula is C22H28O4. The van der Waals surface area contributed by atoms with Gasteiger partial charge in [-0.1, -0.05) is 19.4 Å². The summed E-state index contributed by atoms with van der Waals surface area (Å²) in [5.41, 5.74) is 1.11. The van der Waals surface area contributed by atoms with Crippen LogP contribution in [0.5, 0.6) is 0 Å². The normalized spacial score (nSPS) is 53.6. The first kappa shape index (κ1) is 16.0. The lowest BCUT2D eigenvalue weighted by Crippen LogP contribution is -2.58. The number of ketones is 2. The monoisotopic (exact) mass is 356 g/mol. The quantitative estimate of drug-likeness (QED) is 0.668. The molecule has 6 aliphatic rings.